The van der Waals surface area contributed by atoms with Crippen LogP contribution in [0.2, 0.25) is 0 Å². The number of carbonyl (C=O) groups is 1. The van der Waals surface area contributed by atoms with Gasteiger partial charge < -0.3 is 20.1 Å². The molecule has 1 aliphatic heterocycles. The Hall–Kier alpha value is -1.91. The van der Waals surface area contributed by atoms with Crippen LogP contribution in [0.4, 0.5) is 5.69 Å². The van der Waals surface area contributed by atoms with Crippen molar-refractivity contribution in [2.75, 3.05) is 33.0 Å². The first kappa shape index (κ1) is 12.5. The lowest BCUT2D eigenvalue weighted by molar-refractivity contribution is 0.0793. The van der Waals surface area contributed by atoms with E-state index in [1.807, 2.05) is 4.90 Å². The Kier molecular flexibility index (Phi) is 3.60. The van der Waals surface area contributed by atoms with E-state index < -0.39 is 0 Å². The number of rotatable bonds is 3. The van der Waals surface area contributed by atoms with E-state index >= 15 is 0 Å². The van der Waals surface area contributed by atoms with Gasteiger partial charge in [-0.1, -0.05) is 0 Å². The summed E-state index contributed by atoms with van der Waals surface area (Å²) >= 11 is 0. The van der Waals surface area contributed by atoms with E-state index in [0.29, 0.717) is 22.7 Å². The fourth-order valence-corrected chi connectivity index (χ4v) is 2.17. The van der Waals surface area contributed by atoms with Gasteiger partial charge in [-0.15, -0.1) is 0 Å². The van der Waals surface area contributed by atoms with E-state index in [4.69, 9.17) is 15.2 Å². The number of hydrogen-bond acceptors (Lipinski definition) is 4. The maximum Gasteiger partial charge on any atom is 0.256 e. The second-order valence-electron chi connectivity index (χ2n) is 4.29. The Morgan fingerprint density at radius 1 is 1.17 bits per heavy atom. The molecule has 5 heteroatoms. The molecule has 0 aliphatic carbocycles. The van der Waals surface area contributed by atoms with Gasteiger partial charge in [0.25, 0.3) is 5.91 Å². The molecule has 18 heavy (non-hydrogen) atoms. The molecule has 1 aromatic rings. The van der Waals surface area contributed by atoms with Crippen LogP contribution in [-0.4, -0.2) is 38.1 Å². The van der Waals surface area contributed by atoms with Gasteiger partial charge in [0.2, 0.25) is 0 Å². The Balaban J connectivity index is 2.34. The number of amides is 1. The first-order valence-corrected chi connectivity index (χ1v) is 5.98. The standard InChI is InChI=1S/C13H18N2O3/c1-17-11-7-9(10(14)8-12(11)18-2)13(16)15-5-3-4-6-15/h7-8H,3-6,14H2,1-2H3. The van der Waals surface area contributed by atoms with Crippen molar-refractivity contribution in [1.29, 1.82) is 0 Å². The second kappa shape index (κ2) is 5.16. The van der Waals surface area contributed by atoms with Gasteiger partial charge in [0.1, 0.15) is 0 Å². The van der Waals surface area contributed by atoms with Crippen LogP contribution in [-0.2, 0) is 0 Å². The van der Waals surface area contributed by atoms with Crippen molar-refractivity contribution in [3.05, 3.63) is 17.7 Å². The van der Waals surface area contributed by atoms with E-state index in [2.05, 4.69) is 0 Å². The molecule has 1 amide bonds. The zero-order valence-electron chi connectivity index (χ0n) is 10.7. The van der Waals surface area contributed by atoms with Crippen LogP contribution in [0.3, 0.4) is 0 Å². The van der Waals surface area contributed by atoms with Crippen LogP contribution >= 0.6 is 0 Å². The number of ether oxygens (including phenoxy) is 2. The quantitative estimate of drug-likeness (QED) is 0.826. The minimum atomic E-state index is -0.0362. The maximum absolute atomic E-state index is 12.3. The lowest BCUT2D eigenvalue weighted by Crippen LogP contribution is -2.28. The monoisotopic (exact) mass is 250 g/mol. The normalized spacial score (nSPS) is 14.7. The second-order valence-corrected chi connectivity index (χ2v) is 4.29. The molecule has 0 spiro atoms. The Labute approximate surface area is 106 Å². The number of nitrogen functional groups attached to an aromatic ring is 1. The van der Waals surface area contributed by atoms with Crippen molar-refractivity contribution in [3.63, 3.8) is 0 Å². The fraction of sp³-hybridized carbons (Fsp3) is 0.462. The zero-order chi connectivity index (χ0) is 13.1. The third-order valence-corrected chi connectivity index (χ3v) is 3.18. The molecular weight excluding hydrogens is 232 g/mol. The fourth-order valence-electron chi connectivity index (χ4n) is 2.17. The Morgan fingerprint density at radius 2 is 1.72 bits per heavy atom. The highest BCUT2D eigenvalue weighted by molar-refractivity contribution is 6.00. The number of carbonyl (C=O) groups excluding carboxylic acids is 1. The molecule has 2 rings (SSSR count). The largest absolute Gasteiger partial charge is 0.493 e. The minimum Gasteiger partial charge on any atom is -0.493 e. The van der Waals surface area contributed by atoms with Gasteiger partial charge in [-0.2, -0.15) is 0 Å². The predicted octanol–water partition coefficient (Wildman–Crippen LogP) is 1.52. The average Bonchev–Trinajstić information content (AvgIpc) is 2.91. The summed E-state index contributed by atoms with van der Waals surface area (Å²) in [7, 11) is 3.08. The molecule has 98 valence electrons. The first-order chi connectivity index (χ1) is 8.67. The highest BCUT2D eigenvalue weighted by atomic mass is 16.5. The molecule has 1 heterocycles. The summed E-state index contributed by atoms with van der Waals surface area (Å²) in [5.41, 5.74) is 6.81. The van der Waals surface area contributed by atoms with Crippen LogP contribution < -0.4 is 15.2 Å². The number of anilines is 1. The van der Waals surface area contributed by atoms with Gasteiger partial charge >= 0.3 is 0 Å². The van der Waals surface area contributed by atoms with E-state index in [1.165, 1.54) is 7.11 Å². The minimum absolute atomic E-state index is 0.0362. The molecule has 2 N–H and O–H groups in total. The van der Waals surface area contributed by atoms with Gasteiger partial charge in [-0.05, 0) is 18.9 Å². The number of benzene rings is 1. The predicted molar refractivity (Wildman–Crippen MR) is 69.1 cm³/mol. The number of hydrogen-bond donors (Lipinski definition) is 1. The van der Waals surface area contributed by atoms with Crippen molar-refractivity contribution in [3.8, 4) is 11.5 Å². The lowest BCUT2D eigenvalue weighted by Gasteiger charge is -2.18. The molecule has 1 aliphatic rings. The number of nitrogens with zero attached hydrogens (tertiary/aromatic N) is 1. The smallest absolute Gasteiger partial charge is 0.256 e. The summed E-state index contributed by atoms with van der Waals surface area (Å²) in [6.45, 7) is 1.60. The Bertz CT molecular complexity index is 454. The summed E-state index contributed by atoms with van der Waals surface area (Å²) < 4.78 is 10.3. The van der Waals surface area contributed by atoms with Gasteiger partial charge in [-0.25, -0.2) is 0 Å². The van der Waals surface area contributed by atoms with Gasteiger partial charge in [0.15, 0.2) is 11.5 Å². The number of methoxy groups -OCH3 is 2. The summed E-state index contributed by atoms with van der Waals surface area (Å²) in [4.78, 5) is 14.1. The van der Waals surface area contributed by atoms with E-state index in [0.717, 1.165) is 25.9 Å². The van der Waals surface area contributed by atoms with Crippen molar-refractivity contribution >= 4 is 11.6 Å². The molecule has 0 aromatic heterocycles. The summed E-state index contributed by atoms with van der Waals surface area (Å²) in [5.74, 6) is 1.02. The highest BCUT2D eigenvalue weighted by Crippen LogP contribution is 2.32. The van der Waals surface area contributed by atoms with E-state index in [-0.39, 0.29) is 5.91 Å². The number of likely N-dealkylation sites (tertiary alicyclic amines) is 1. The Morgan fingerprint density at radius 3 is 2.28 bits per heavy atom. The molecular formula is C13H18N2O3. The first-order valence-electron chi connectivity index (χ1n) is 5.98. The molecule has 0 atom stereocenters. The van der Waals surface area contributed by atoms with E-state index in [1.54, 1.807) is 19.2 Å². The maximum atomic E-state index is 12.3. The molecule has 5 nitrogen and oxygen atoms in total. The van der Waals surface area contributed by atoms with Crippen molar-refractivity contribution < 1.29 is 14.3 Å². The van der Waals surface area contributed by atoms with Gasteiger partial charge in [0.05, 0.1) is 19.8 Å². The third-order valence-electron chi connectivity index (χ3n) is 3.18. The van der Waals surface area contributed by atoms with Crippen LogP contribution in [0.25, 0.3) is 0 Å². The molecule has 0 radical (unpaired) electrons. The van der Waals surface area contributed by atoms with Crippen molar-refractivity contribution in [1.82, 2.24) is 4.90 Å². The molecule has 0 bridgehead atoms. The van der Waals surface area contributed by atoms with Crippen LogP contribution in [0.1, 0.15) is 23.2 Å². The summed E-state index contributed by atoms with van der Waals surface area (Å²) in [6, 6.07) is 3.27. The molecule has 0 unspecified atom stereocenters. The third kappa shape index (κ3) is 2.20. The van der Waals surface area contributed by atoms with E-state index in [9.17, 15) is 4.79 Å². The van der Waals surface area contributed by atoms with Crippen molar-refractivity contribution in [2.24, 2.45) is 0 Å². The average molecular weight is 250 g/mol. The molecule has 1 fully saturated rings. The lowest BCUT2D eigenvalue weighted by atomic mass is 10.1. The topological polar surface area (TPSA) is 64.8 Å². The molecule has 1 saturated heterocycles. The summed E-state index contributed by atoms with van der Waals surface area (Å²) in [5, 5.41) is 0. The highest BCUT2D eigenvalue weighted by Gasteiger charge is 2.23. The molecule has 0 saturated carbocycles. The van der Waals surface area contributed by atoms with Crippen LogP contribution in [0.15, 0.2) is 12.1 Å². The summed E-state index contributed by atoms with van der Waals surface area (Å²) in [6.07, 6.45) is 2.11. The van der Waals surface area contributed by atoms with Gasteiger partial charge in [-0.3, -0.25) is 4.79 Å². The van der Waals surface area contributed by atoms with Crippen LogP contribution in [0.5, 0.6) is 11.5 Å². The SMILES string of the molecule is COc1cc(N)c(C(=O)N2CCCC2)cc1OC. The zero-order valence-corrected chi connectivity index (χ0v) is 10.7. The number of nitrogens with two attached hydrogens (primary N) is 1. The van der Waals surface area contributed by atoms with Crippen LogP contribution in [0, 0.1) is 0 Å². The van der Waals surface area contributed by atoms with Crippen molar-refractivity contribution in [2.45, 2.75) is 12.8 Å². The van der Waals surface area contributed by atoms with Gasteiger partial charge in [0, 0.05) is 24.8 Å². The molecule has 1 aromatic carbocycles.